The lowest BCUT2D eigenvalue weighted by atomic mass is 10.2. The number of rotatable bonds is 3. The van der Waals surface area contributed by atoms with Gasteiger partial charge in [-0.15, -0.1) is 11.3 Å². The van der Waals surface area contributed by atoms with Crippen LogP contribution in [0.5, 0.6) is 11.5 Å². The average Bonchev–Trinajstić information content (AvgIpc) is 3.16. The van der Waals surface area contributed by atoms with Crippen LogP contribution in [0, 0.1) is 0 Å². The monoisotopic (exact) mass is 456 g/mol. The Morgan fingerprint density at radius 2 is 2.08 bits per heavy atom. The Balaban J connectivity index is 1.67. The molecule has 0 atom stereocenters. The SMILES string of the molecule is O=S1(=O)c2ccc(Oc3ccc(Cl)cc3Br)cc2CN1c1nccs1. The summed E-state index contributed by atoms with van der Waals surface area (Å²) in [6, 6.07) is 10.2. The molecule has 0 N–H and O–H groups in total. The van der Waals surface area contributed by atoms with Crippen LogP contribution >= 0.6 is 38.9 Å². The van der Waals surface area contributed by atoms with Crippen LogP contribution in [-0.4, -0.2) is 13.4 Å². The molecular formula is C16H10BrClN2O3S2. The first kappa shape index (κ1) is 16.8. The van der Waals surface area contributed by atoms with Gasteiger partial charge in [0.25, 0.3) is 10.0 Å². The van der Waals surface area contributed by atoms with E-state index in [0.717, 1.165) is 4.47 Å². The third-order valence-electron chi connectivity index (χ3n) is 3.67. The maximum absolute atomic E-state index is 12.7. The van der Waals surface area contributed by atoms with Crippen LogP contribution in [0.4, 0.5) is 5.13 Å². The van der Waals surface area contributed by atoms with E-state index in [1.807, 2.05) is 0 Å². The van der Waals surface area contributed by atoms with Gasteiger partial charge in [0.15, 0.2) is 5.13 Å². The predicted molar refractivity (Wildman–Crippen MR) is 101 cm³/mol. The molecule has 0 spiro atoms. The Hall–Kier alpha value is -1.61. The van der Waals surface area contributed by atoms with E-state index < -0.39 is 10.0 Å². The van der Waals surface area contributed by atoms with Gasteiger partial charge in [-0.25, -0.2) is 17.7 Å². The molecule has 2 aromatic carbocycles. The highest BCUT2D eigenvalue weighted by Crippen LogP contribution is 2.38. The van der Waals surface area contributed by atoms with E-state index >= 15 is 0 Å². The molecule has 0 aliphatic carbocycles. The Morgan fingerprint density at radius 3 is 2.80 bits per heavy atom. The number of sulfonamides is 1. The van der Waals surface area contributed by atoms with Crippen molar-refractivity contribution >= 4 is 54.0 Å². The van der Waals surface area contributed by atoms with Gasteiger partial charge < -0.3 is 4.74 Å². The number of ether oxygens (including phenoxy) is 1. The minimum atomic E-state index is -3.57. The smallest absolute Gasteiger partial charge is 0.266 e. The quantitative estimate of drug-likeness (QED) is 0.551. The number of nitrogens with zero attached hydrogens (tertiary/aromatic N) is 2. The van der Waals surface area contributed by atoms with E-state index in [9.17, 15) is 8.42 Å². The molecule has 2 heterocycles. The molecule has 1 aliphatic rings. The number of thiazole rings is 1. The second-order valence-corrected chi connectivity index (χ2v) is 9.27. The fourth-order valence-corrected chi connectivity index (χ4v) is 5.78. The molecule has 0 fully saturated rings. The number of anilines is 1. The normalized spacial score (nSPS) is 15.2. The van der Waals surface area contributed by atoms with Crippen molar-refractivity contribution in [3.8, 4) is 11.5 Å². The number of hydrogen-bond acceptors (Lipinski definition) is 5. The highest BCUT2D eigenvalue weighted by Gasteiger charge is 2.36. The number of aromatic nitrogens is 1. The molecule has 0 saturated carbocycles. The van der Waals surface area contributed by atoms with E-state index in [1.165, 1.54) is 15.6 Å². The Morgan fingerprint density at radius 1 is 1.24 bits per heavy atom. The highest BCUT2D eigenvalue weighted by molar-refractivity contribution is 9.10. The van der Waals surface area contributed by atoms with E-state index in [4.69, 9.17) is 16.3 Å². The third-order valence-corrected chi connectivity index (χ3v) is 7.27. The summed E-state index contributed by atoms with van der Waals surface area (Å²) in [4.78, 5) is 4.38. The first-order valence-corrected chi connectivity index (χ1v) is 10.6. The zero-order valence-corrected chi connectivity index (χ0v) is 16.5. The minimum Gasteiger partial charge on any atom is -0.456 e. The van der Waals surface area contributed by atoms with Crippen LogP contribution in [0.1, 0.15) is 5.56 Å². The lowest BCUT2D eigenvalue weighted by molar-refractivity contribution is 0.478. The molecule has 0 saturated heterocycles. The van der Waals surface area contributed by atoms with Gasteiger partial charge in [0.1, 0.15) is 11.5 Å². The summed E-state index contributed by atoms with van der Waals surface area (Å²) in [7, 11) is -3.57. The van der Waals surface area contributed by atoms with Crippen LogP contribution in [0.15, 0.2) is 57.3 Å². The number of hydrogen-bond donors (Lipinski definition) is 0. The molecule has 0 bridgehead atoms. The van der Waals surface area contributed by atoms with E-state index in [0.29, 0.717) is 27.2 Å². The van der Waals surface area contributed by atoms with Crippen LogP contribution in [0.2, 0.25) is 5.02 Å². The molecule has 0 unspecified atom stereocenters. The molecule has 9 heteroatoms. The van der Waals surface area contributed by atoms with Crippen molar-refractivity contribution in [3.63, 3.8) is 0 Å². The maximum Gasteiger partial charge on any atom is 0.266 e. The second-order valence-electron chi connectivity index (χ2n) is 5.27. The molecule has 3 aromatic rings. The third kappa shape index (κ3) is 3.03. The zero-order valence-electron chi connectivity index (χ0n) is 12.5. The molecule has 25 heavy (non-hydrogen) atoms. The lowest BCUT2D eigenvalue weighted by Crippen LogP contribution is -2.23. The number of halogens is 2. The first-order valence-electron chi connectivity index (χ1n) is 7.13. The van der Waals surface area contributed by atoms with Crippen molar-refractivity contribution < 1.29 is 13.2 Å². The molecule has 128 valence electrons. The van der Waals surface area contributed by atoms with Crippen molar-refractivity contribution in [1.82, 2.24) is 4.98 Å². The summed E-state index contributed by atoms with van der Waals surface area (Å²) in [6.45, 7) is 0.240. The standard InChI is InChI=1S/C16H10BrClN2O3S2/c17-13-8-11(18)1-3-14(13)23-12-2-4-15-10(7-12)9-20(25(15,21)22)16-19-5-6-24-16/h1-8H,9H2. The van der Waals surface area contributed by atoms with Gasteiger partial charge in [-0.2, -0.15) is 0 Å². The van der Waals surface area contributed by atoms with Crippen molar-refractivity contribution in [1.29, 1.82) is 0 Å². The molecule has 4 rings (SSSR count). The van der Waals surface area contributed by atoms with Crippen LogP contribution < -0.4 is 9.04 Å². The topological polar surface area (TPSA) is 59.5 Å². The lowest BCUT2D eigenvalue weighted by Gasteiger charge is -2.12. The van der Waals surface area contributed by atoms with Gasteiger partial charge in [0.05, 0.1) is 15.9 Å². The van der Waals surface area contributed by atoms with Gasteiger partial charge in [0, 0.05) is 16.6 Å². The van der Waals surface area contributed by atoms with Gasteiger partial charge in [-0.3, -0.25) is 0 Å². The molecule has 0 radical (unpaired) electrons. The van der Waals surface area contributed by atoms with Gasteiger partial charge in [-0.05, 0) is 57.9 Å². The fourth-order valence-electron chi connectivity index (χ4n) is 2.55. The molecule has 5 nitrogen and oxygen atoms in total. The number of benzene rings is 2. The Labute approximate surface area is 162 Å². The van der Waals surface area contributed by atoms with Crippen molar-refractivity contribution in [2.75, 3.05) is 4.31 Å². The molecular weight excluding hydrogens is 448 g/mol. The molecule has 0 amide bonds. The van der Waals surface area contributed by atoms with Crippen LogP contribution in [-0.2, 0) is 16.6 Å². The maximum atomic E-state index is 12.7. The Bertz CT molecular complexity index is 1060. The highest BCUT2D eigenvalue weighted by atomic mass is 79.9. The van der Waals surface area contributed by atoms with Crippen molar-refractivity contribution in [2.24, 2.45) is 0 Å². The van der Waals surface area contributed by atoms with E-state index in [1.54, 1.807) is 48.0 Å². The fraction of sp³-hybridized carbons (Fsp3) is 0.0625. The van der Waals surface area contributed by atoms with E-state index in [-0.39, 0.29) is 11.4 Å². The number of fused-ring (bicyclic) bond motifs is 1. The molecule has 1 aromatic heterocycles. The predicted octanol–water partition coefficient (Wildman–Crippen LogP) is 5.06. The second kappa shape index (κ2) is 6.28. The summed E-state index contributed by atoms with van der Waals surface area (Å²) in [6.07, 6.45) is 1.59. The van der Waals surface area contributed by atoms with Crippen molar-refractivity contribution in [3.05, 3.63) is 63.0 Å². The van der Waals surface area contributed by atoms with E-state index in [2.05, 4.69) is 20.9 Å². The summed E-state index contributed by atoms with van der Waals surface area (Å²) < 4.78 is 33.2. The summed E-state index contributed by atoms with van der Waals surface area (Å²) in [5.74, 6) is 1.15. The first-order chi connectivity index (χ1) is 11.9. The summed E-state index contributed by atoms with van der Waals surface area (Å²) in [5.41, 5.74) is 0.679. The Kier molecular flexibility index (Phi) is 4.23. The van der Waals surface area contributed by atoms with Gasteiger partial charge in [0.2, 0.25) is 0 Å². The van der Waals surface area contributed by atoms with Gasteiger partial charge in [-0.1, -0.05) is 11.6 Å². The summed E-state index contributed by atoms with van der Waals surface area (Å²) >= 11 is 10.6. The average molecular weight is 458 g/mol. The summed E-state index contributed by atoms with van der Waals surface area (Å²) in [5, 5.41) is 2.80. The van der Waals surface area contributed by atoms with Crippen LogP contribution in [0.25, 0.3) is 0 Å². The van der Waals surface area contributed by atoms with Crippen LogP contribution in [0.3, 0.4) is 0 Å². The van der Waals surface area contributed by atoms with Crippen molar-refractivity contribution in [2.45, 2.75) is 11.4 Å². The van der Waals surface area contributed by atoms with Gasteiger partial charge >= 0.3 is 0 Å². The zero-order chi connectivity index (χ0) is 17.6. The molecule has 1 aliphatic heterocycles. The minimum absolute atomic E-state index is 0.240. The largest absolute Gasteiger partial charge is 0.456 e.